The van der Waals surface area contributed by atoms with Crippen molar-refractivity contribution >= 4 is 34.8 Å². The fourth-order valence-corrected chi connectivity index (χ4v) is 10.4. The molecule has 0 spiro atoms. The molecule has 0 amide bonds. The third-order valence-corrected chi connectivity index (χ3v) is 15.0. The van der Waals surface area contributed by atoms with Gasteiger partial charge in [-0.25, -0.2) is 19.9 Å². The summed E-state index contributed by atoms with van der Waals surface area (Å²) in [4.78, 5) is 58.6. The second-order valence-corrected chi connectivity index (χ2v) is 23.3. The molecule has 12 rings (SSSR count). The lowest BCUT2D eigenvalue weighted by Gasteiger charge is -2.36. The number of ether oxygens (including phenoxy) is 2. The Morgan fingerprint density at radius 1 is 0.588 bits per heavy atom. The molecule has 4 aliphatic rings. The number of anilines is 4. The Morgan fingerprint density at radius 2 is 1.01 bits per heavy atom. The fourth-order valence-electron chi connectivity index (χ4n) is 10.4. The number of nitrogens with zero attached hydrogens (tertiary/aromatic N) is 14. The zero-order valence-electron chi connectivity index (χ0n) is 46.6. The fraction of sp³-hybridized carbons (Fsp3) is 0.448. The van der Waals surface area contributed by atoms with Gasteiger partial charge in [0.05, 0.1) is 73.7 Å². The number of benzene rings is 2. The van der Waals surface area contributed by atoms with Crippen molar-refractivity contribution in [2.24, 2.45) is 14.1 Å². The number of hydrogen-bond acceptors (Lipinski definition) is 20. The molecule has 8 aromatic rings. The molecule has 2 N–H and O–H groups in total. The molecule has 0 aliphatic carbocycles. The van der Waals surface area contributed by atoms with E-state index >= 15 is 0 Å². The lowest BCUT2D eigenvalue weighted by Crippen LogP contribution is -2.48. The number of nitrogens with one attached hydrogen (secondary N) is 2. The van der Waals surface area contributed by atoms with Gasteiger partial charge in [0.1, 0.15) is 0 Å². The van der Waals surface area contributed by atoms with Gasteiger partial charge in [0, 0.05) is 86.8 Å². The second kappa shape index (κ2) is 22.7. The summed E-state index contributed by atoms with van der Waals surface area (Å²) in [6.45, 7) is 18.3. The number of aromatic nitrogens is 12. The third-order valence-electron chi connectivity index (χ3n) is 15.0. The zero-order valence-corrected chi connectivity index (χ0v) is 46.6. The first-order valence-electron chi connectivity index (χ1n) is 27.3. The highest BCUT2D eigenvalue weighted by molar-refractivity contribution is 5.93. The van der Waals surface area contributed by atoms with E-state index in [0.717, 1.165) is 99.3 Å². The summed E-state index contributed by atoms with van der Waals surface area (Å²) in [6, 6.07) is 17.5. The Morgan fingerprint density at radius 3 is 1.36 bits per heavy atom. The molecule has 2 aromatic carbocycles. The highest BCUT2D eigenvalue weighted by Gasteiger charge is 2.35. The molecule has 80 heavy (non-hydrogen) atoms. The third kappa shape index (κ3) is 12.4. The van der Waals surface area contributed by atoms with Crippen LogP contribution in [-0.4, -0.2) is 133 Å². The number of ketones is 2. The molecule has 416 valence electrons. The first kappa shape index (κ1) is 54.1. The average Bonchev–Trinajstić information content (AvgIpc) is 4.23. The Labute approximate surface area is 464 Å². The van der Waals surface area contributed by atoms with Crippen LogP contribution in [0, 0.1) is 0 Å². The molecule has 2 atom stereocenters. The maximum Gasteiger partial charge on any atom is 0.238 e. The molecule has 22 heteroatoms. The van der Waals surface area contributed by atoms with Crippen molar-refractivity contribution < 1.29 is 28.1 Å². The predicted molar refractivity (Wildman–Crippen MR) is 297 cm³/mol. The van der Waals surface area contributed by atoms with E-state index in [2.05, 4.69) is 97.3 Å². The Balaban J connectivity index is 0.000000169. The number of fused-ring (bicyclic) bond motifs is 2. The van der Waals surface area contributed by atoms with Gasteiger partial charge in [-0.2, -0.15) is 20.2 Å². The van der Waals surface area contributed by atoms with Crippen molar-refractivity contribution in [3.63, 3.8) is 0 Å². The predicted octanol–water partition coefficient (Wildman–Crippen LogP) is 8.52. The van der Waals surface area contributed by atoms with Crippen LogP contribution in [0.3, 0.4) is 0 Å². The summed E-state index contributed by atoms with van der Waals surface area (Å²) in [5.41, 5.74) is 9.43. The van der Waals surface area contributed by atoms with E-state index in [1.54, 1.807) is 34.2 Å². The van der Waals surface area contributed by atoms with Crippen molar-refractivity contribution in [1.82, 2.24) is 69.6 Å². The van der Waals surface area contributed by atoms with Crippen LogP contribution in [0.15, 0.2) is 94.8 Å². The Kier molecular flexibility index (Phi) is 15.3. The van der Waals surface area contributed by atoms with E-state index in [4.69, 9.17) is 28.5 Å². The van der Waals surface area contributed by atoms with Crippen LogP contribution in [0.2, 0.25) is 0 Å². The van der Waals surface area contributed by atoms with E-state index < -0.39 is 0 Å². The number of hydrogen-bond donors (Lipinski definition) is 2. The minimum atomic E-state index is -0.309. The molecule has 1 unspecified atom stereocenters. The summed E-state index contributed by atoms with van der Waals surface area (Å²) < 4.78 is 25.2. The minimum Gasteiger partial charge on any atom is -0.378 e. The lowest BCUT2D eigenvalue weighted by atomic mass is 9.87. The van der Waals surface area contributed by atoms with E-state index in [1.165, 1.54) is 22.3 Å². The number of Topliss-reactive ketones (excluding diaryl/α,β-unsaturated/α-hetero) is 2. The van der Waals surface area contributed by atoms with Crippen molar-refractivity contribution in [2.75, 3.05) is 50.2 Å². The molecular weight excluding hydrogens is 1020 g/mol. The summed E-state index contributed by atoms with van der Waals surface area (Å²) in [7, 11) is 3.73. The molecule has 2 saturated heterocycles. The average molecular weight is 1090 g/mol. The standard InChI is InChI=1S/2C29H34N8O3/c2*1-29(2,3)27-34-26(35-40-27)25(38)12-18-8-10-37(22-16-39-17-22)14-20-11-19(5-6-23(18)20)24-7-9-30-28(33-24)32-21-13-31-36(4)15-21/h2*5-7,9,11,13,15,18,22H,8,10,12,14,16-17H2,1-4H3,(H,30,32,33)/t18-;/m0./s1. The number of carbonyl (C=O) groups is 2. The van der Waals surface area contributed by atoms with Crippen molar-refractivity contribution in [3.8, 4) is 22.5 Å². The number of aryl methyl sites for hydroxylation is 2. The maximum absolute atomic E-state index is 13.3. The molecular formula is C58H68N16O6. The van der Waals surface area contributed by atoms with Crippen LogP contribution in [0.1, 0.15) is 134 Å². The highest BCUT2D eigenvalue weighted by Crippen LogP contribution is 2.38. The van der Waals surface area contributed by atoms with Crippen LogP contribution in [0.25, 0.3) is 22.5 Å². The van der Waals surface area contributed by atoms with Crippen LogP contribution < -0.4 is 10.6 Å². The molecule has 2 fully saturated rings. The monoisotopic (exact) mass is 1080 g/mol. The Bertz CT molecular complexity index is 3260. The van der Waals surface area contributed by atoms with Gasteiger partial charge in [0.15, 0.2) is 0 Å². The van der Waals surface area contributed by atoms with Gasteiger partial charge in [0.2, 0.25) is 46.9 Å². The summed E-state index contributed by atoms with van der Waals surface area (Å²) in [5, 5.41) is 22.8. The summed E-state index contributed by atoms with van der Waals surface area (Å²) >= 11 is 0. The van der Waals surface area contributed by atoms with Crippen molar-refractivity contribution in [2.45, 2.75) is 115 Å². The smallest absolute Gasteiger partial charge is 0.238 e. The topological polar surface area (TPSA) is 248 Å². The highest BCUT2D eigenvalue weighted by atomic mass is 16.5. The first-order chi connectivity index (χ1) is 38.4. The quantitative estimate of drug-likeness (QED) is 0.0968. The van der Waals surface area contributed by atoms with Gasteiger partial charge in [0.25, 0.3) is 0 Å². The SMILES string of the molecule is Cn1cc(Nc2nccc(-c3ccc4c(c3)CN(C3COC3)CCC4CC(=O)c3noc(C(C)(C)C)n3)n2)cn1.Cn1cc(Nc2nccc(-c3ccc4c(c3)CN(C3COC3)CC[C@H]4CC(=O)c3noc(C(C)(C)C)n3)n2)cn1. The van der Waals surface area contributed by atoms with Crippen molar-refractivity contribution in [3.05, 3.63) is 131 Å². The first-order valence-corrected chi connectivity index (χ1v) is 27.3. The van der Waals surface area contributed by atoms with Crippen LogP contribution in [-0.2, 0) is 47.5 Å². The number of carbonyl (C=O) groups excluding carboxylic acids is 2. The molecule has 22 nitrogen and oxygen atoms in total. The van der Waals surface area contributed by atoms with E-state index in [1.807, 2.05) is 80.2 Å². The van der Waals surface area contributed by atoms with Gasteiger partial charge in [-0.05, 0) is 84.3 Å². The molecule has 0 bridgehead atoms. The van der Waals surface area contributed by atoms with Gasteiger partial charge in [-0.3, -0.25) is 28.8 Å². The van der Waals surface area contributed by atoms with Gasteiger partial charge in [-0.15, -0.1) is 0 Å². The summed E-state index contributed by atoms with van der Waals surface area (Å²) in [5.74, 6) is 2.18. The van der Waals surface area contributed by atoms with Crippen LogP contribution >= 0.6 is 0 Å². The maximum atomic E-state index is 13.3. The molecule has 0 saturated carbocycles. The van der Waals surface area contributed by atoms with E-state index in [0.29, 0.717) is 48.6 Å². The molecule has 4 aliphatic heterocycles. The largest absolute Gasteiger partial charge is 0.378 e. The van der Waals surface area contributed by atoms with Gasteiger partial charge < -0.3 is 29.2 Å². The Hall–Kier alpha value is -7.92. The summed E-state index contributed by atoms with van der Waals surface area (Å²) in [6.07, 6.45) is 13.1. The van der Waals surface area contributed by atoms with E-state index in [-0.39, 0.29) is 45.9 Å². The van der Waals surface area contributed by atoms with Crippen LogP contribution in [0.4, 0.5) is 23.3 Å². The zero-order chi connectivity index (χ0) is 55.7. The van der Waals surface area contributed by atoms with Crippen LogP contribution in [0.5, 0.6) is 0 Å². The van der Waals surface area contributed by atoms with Gasteiger partial charge in [-0.1, -0.05) is 76.1 Å². The van der Waals surface area contributed by atoms with E-state index in [9.17, 15) is 9.59 Å². The normalized spacial score (nSPS) is 18.1. The van der Waals surface area contributed by atoms with Gasteiger partial charge >= 0.3 is 0 Å². The van der Waals surface area contributed by atoms with Crippen molar-refractivity contribution in [1.29, 1.82) is 0 Å². The molecule has 0 radical (unpaired) electrons. The lowest BCUT2D eigenvalue weighted by molar-refractivity contribution is -0.0677. The minimum absolute atomic E-state index is 0.0485. The molecule has 10 heterocycles. The number of rotatable bonds is 14. The molecule has 6 aromatic heterocycles. The second-order valence-electron chi connectivity index (χ2n) is 23.3.